The topological polar surface area (TPSA) is 113 Å². The van der Waals surface area contributed by atoms with E-state index in [-0.39, 0.29) is 12.3 Å². The van der Waals surface area contributed by atoms with Gasteiger partial charge in [-0.05, 0) is 48.9 Å². The van der Waals surface area contributed by atoms with Crippen LogP contribution in [0.2, 0.25) is 0 Å². The van der Waals surface area contributed by atoms with E-state index >= 15 is 0 Å². The predicted molar refractivity (Wildman–Crippen MR) is 101 cm³/mol. The molecular weight excluding hydrogens is 348 g/mol. The lowest BCUT2D eigenvalue weighted by Crippen LogP contribution is -2.14. The molecule has 1 aromatic carbocycles. The zero-order valence-electron chi connectivity index (χ0n) is 14.5. The van der Waals surface area contributed by atoms with Crippen LogP contribution in [0.15, 0.2) is 28.5 Å². The molecule has 8 heteroatoms. The summed E-state index contributed by atoms with van der Waals surface area (Å²) in [7, 11) is 0. The van der Waals surface area contributed by atoms with Crippen molar-refractivity contribution in [1.82, 2.24) is 19.5 Å². The van der Waals surface area contributed by atoms with Gasteiger partial charge in [-0.15, -0.1) is 0 Å². The quantitative estimate of drug-likeness (QED) is 0.714. The molecule has 1 aliphatic rings. The van der Waals surface area contributed by atoms with Crippen molar-refractivity contribution < 1.29 is 4.79 Å². The molecule has 1 amide bonds. The van der Waals surface area contributed by atoms with Gasteiger partial charge in [0.1, 0.15) is 6.33 Å². The molecule has 0 aliphatic heterocycles. The average molecular weight is 368 g/mol. The summed E-state index contributed by atoms with van der Waals surface area (Å²) in [6, 6.07) is 4.53. The van der Waals surface area contributed by atoms with Crippen LogP contribution in [0.3, 0.4) is 0 Å². The van der Waals surface area contributed by atoms with Crippen LogP contribution in [0.1, 0.15) is 29.5 Å². The maximum absolute atomic E-state index is 11.3. The van der Waals surface area contributed by atoms with Gasteiger partial charge in [0.05, 0.1) is 0 Å². The number of carbonyl (C=O) groups excluding carboxylic acids is 1. The van der Waals surface area contributed by atoms with Crippen LogP contribution >= 0.6 is 11.8 Å². The minimum absolute atomic E-state index is 0.214. The first-order valence-corrected chi connectivity index (χ1v) is 9.40. The largest absolute Gasteiger partial charge is 0.382 e. The normalized spacial score (nSPS) is 13.3. The van der Waals surface area contributed by atoms with Gasteiger partial charge in [0.2, 0.25) is 5.91 Å². The van der Waals surface area contributed by atoms with Crippen LogP contribution in [0.4, 0.5) is 5.82 Å². The Kier molecular flexibility index (Phi) is 4.28. The number of fused-ring (bicyclic) bond motifs is 2. The van der Waals surface area contributed by atoms with Gasteiger partial charge in [-0.25, -0.2) is 15.0 Å². The zero-order valence-corrected chi connectivity index (χ0v) is 15.3. The molecule has 2 heterocycles. The molecule has 26 heavy (non-hydrogen) atoms. The van der Waals surface area contributed by atoms with Crippen molar-refractivity contribution in [3.05, 3.63) is 35.2 Å². The summed E-state index contributed by atoms with van der Waals surface area (Å²) in [5, 5.41) is 0.745. The van der Waals surface area contributed by atoms with E-state index in [4.69, 9.17) is 11.5 Å². The van der Waals surface area contributed by atoms with Crippen molar-refractivity contribution >= 4 is 34.7 Å². The lowest BCUT2D eigenvalue weighted by Gasteiger charge is -2.10. The maximum atomic E-state index is 11.3. The fourth-order valence-corrected chi connectivity index (χ4v) is 4.41. The van der Waals surface area contributed by atoms with Crippen LogP contribution in [-0.2, 0) is 24.2 Å². The number of rotatable bonds is 5. The number of anilines is 1. The van der Waals surface area contributed by atoms with E-state index in [1.807, 2.05) is 4.57 Å². The van der Waals surface area contributed by atoms with Crippen LogP contribution in [0, 0.1) is 6.92 Å². The Bertz CT molecular complexity index is 1010. The molecule has 0 spiro atoms. The van der Waals surface area contributed by atoms with E-state index in [0.717, 1.165) is 22.9 Å². The molecule has 4 N–H and O–H groups in total. The summed E-state index contributed by atoms with van der Waals surface area (Å²) in [6.45, 7) is 2.53. The Morgan fingerprint density at radius 1 is 1.27 bits per heavy atom. The van der Waals surface area contributed by atoms with E-state index in [1.54, 1.807) is 11.8 Å². The van der Waals surface area contributed by atoms with E-state index < -0.39 is 0 Å². The molecule has 4 rings (SSSR count). The van der Waals surface area contributed by atoms with Crippen molar-refractivity contribution in [1.29, 1.82) is 0 Å². The lowest BCUT2D eigenvalue weighted by atomic mass is 10.1. The Morgan fingerprint density at radius 3 is 2.81 bits per heavy atom. The second-order valence-electron chi connectivity index (χ2n) is 6.54. The summed E-state index contributed by atoms with van der Waals surface area (Å²) in [5.74, 6) is -0.0288. The third-order valence-corrected chi connectivity index (χ3v) is 5.85. The van der Waals surface area contributed by atoms with Gasteiger partial charge in [0.25, 0.3) is 0 Å². The minimum Gasteiger partial charge on any atom is -0.382 e. The molecule has 2 aromatic heterocycles. The number of carbonyl (C=O) groups is 1. The molecule has 1 aliphatic carbocycles. The molecule has 0 radical (unpaired) electrons. The second kappa shape index (κ2) is 6.60. The highest BCUT2D eigenvalue weighted by atomic mass is 32.2. The van der Waals surface area contributed by atoms with Gasteiger partial charge in [0.15, 0.2) is 22.1 Å². The molecule has 0 atom stereocenters. The standard InChI is InChI=1S/C18H20N6OS/c1-10-7-11-3-2-4-12(11)8-13(10)26-18-23-15-16(20)21-9-22-17(15)24(18)6-5-14(19)25/h7-9H,2-6H2,1H3,(H2,19,25)(H2,20,21,22). The first kappa shape index (κ1) is 16.8. The highest BCUT2D eigenvalue weighted by Crippen LogP contribution is 2.36. The van der Waals surface area contributed by atoms with E-state index in [9.17, 15) is 4.79 Å². The van der Waals surface area contributed by atoms with Gasteiger partial charge in [0, 0.05) is 17.9 Å². The molecule has 0 saturated carbocycles. The minimum atomic E-state index is -0.362. The molecule has 0 saturated heterocycles. The second-order valence-corrected chi connectivity index (χ2v) is 7.54. The number of nitrogen functional groups attached to an aromatic ring is 1. The molecule has 0 fully saturated rings. The summed E-state index contributed by atoms with van der Waals surface area (Å²) in [5.41, 5.74) is 16.6. The monoisotopic (exact) mass is 368 g/mol. The van der Waals surface area contributed by atoms with Gasteiger partial charge in [-0.3, -0.25) is 4.79 Å². The first-order chi connectivity index (χ1) is 12.5. The SMILES string of the molecule is Cc1cc2c(cc1Sc1nc3c(N)ncnc3n1CCC(N)=O)CCC2. The van der Waals surface area contributed by atoms with Crippen molar-refractivity contribution in [2.24, 2.45) is 5.73 Å². The lowest BCUT2D eigenvalue weighted by molar-refractivity contribution is -0.118. The number of amides is 1. The predicted octanol–water partition coefficient (Wildman–Crippen LogP) is 2.23. The fourth-order valence-electron chi connectivity index (χ4n) is 3.37. The Morgan fingerprint density at radius 2 is 2.04 bits per heavy atom. The summed E-state index contributed by atoms with van der Waals surface area (Å²) in [4.78, 5) is 25.4. The van der Waals surface area contributed by atoms with Crippen LogP contribution < -0.4 is 11.5 Å². The number of nitrogens with two attached hydrogens (primary N) is 2. The molecule has 7 nitrogen and oxygen atoms in total. The molecular formula is C18H20N6OS. The third kappa shape index (κ3) is 3.01. The Hall–Kier alpha value is -2.61. The van der Waals surface area contributed by atoms with Gasteiger partial charge >= 0.3 is 0 Å². The van der Waals surface area contributed by atoms with E-state index in [1.165, 1.54) is 29.4 Å². The number of aryl methyl sites for hydroxylation is 4. The highest BCUT2D eigenvalue weighted by molar-refractivity contribution is 7.99. The van der Waals surface area contributed by atoms with Gasteiger partial charge in [-0.1, -0.05) is 17.8 Å². The van der Waals surface area contributed by atoms with Gasteiger partial charge in [-0.2, -0.15) is 0 Å². The van der Waals surface area contributed by atoms with Crippen molar-refractivity contribution in [2.75, 3.05) is 5.73 Å². The number of nitrogens with zero attached hydrogens (tertiary/aromatic N) is 4. The fraction of sp³-hybridized carbons (Fsp3) is 0.333. The summed E-state index contributed by atoms with van der Waals surface area (Å²) < 4.78 is 1.90. The third-order valence-electron chi connectivity index (χ3n) is 4.70. The van der Waals surface area contributed by atoms with Crippen molar-refractivity contribution in [3.8, 4) is 0 Å². The average Bonchev–Trinajstić information content (AvgIpc) is 3.18. The van der Waals surface area contributed by atoms with E-state index in [2.05, 4.69) is 34.0 Å². The number of primary amides is 1. The Labute approximate surface area is 155 Å². The maximum Gasteiger partial charge on any atom is 0.219 e. The Balaban J connectivity index is 1.77. The number of benzene rings is 1. The number of hydrogen-bond donors (Lipinski definition) is 2. The van der Waals surface area contributed by atoms with Crippen molar-refractivity contribution in [2.45, 2.75) is 49.2 Å². The van der Waals surface area contributed by atoms with Crippen molar-refractivity contribution in [3.63, 3.8) is 0 Å². The van der Waals surface area contributed by atoms with Crippen LogP contribution in [0.5, 0.6) is 0 Å². The number of aromatic nitrogens is 4. The smallest absolute Gasteiger partial charge is 0.219 e. The van der Waals surface area contributed by atoms with E-state index in [0.29, 0.717) is 23.5 Å². The zero-order chi connectivity index (χ0) is 18.3. The van der Waals surface area contributed by atoms with Crippen LogP contribution in [-0.4, -0.2) is 25.4 Å². The van der Waals surface area contributed by atoms with Crippen LogP contribution in [0.25, 0.3) is 11.2 Å². The first-order valence-electron chi connectivity index (χ1n) is 8.58. The molecule has 0 bridgehead atoms. The molecule has 0 unspecified atom stereocenters. The summed E-state index contributed by atoms with van der Waals surface area (Å²) in [6.07, 6.45) is 5.12. The summed E-state index contributed by atoms with van der Waals surface area (Å²) >= 11 is 1.57. The number of hydrogen-bond acceptors (Lipinski definition) is 6. The molecule has 3 aromatic rings. The van der Waals surface area contributed by atoms with Gasteiger partial charge < -0.3 is 16.0 Å². The molecule has 134 valence electrons. The number of imidazole rings is 1. The highest BCUT2D eigenvalue weighted by Gasteiger charge is 2.19.